The molecule has 0 atom stereocenters. The molecular formula is C21H22N4O5S2. The van der Waals surface area contributed by atoms with Crippen molar-refractivity contribution in [2.45, 2.75) is 30.7 Å². The van der Waals surface area contributed by atoms with E-state index >= 15 is 0 Å². The molecule has 3 aromatic rings. The Bertz CT molecular complexity index is 1140. The molecule has 0 radical (unpaired) electrons. The summed E-state index contributed by atoms with van der Waals surface area (Å²) in [5.41, 5.74) is 1.56. The van der Waals surface area contributed by atoms with Crippen LogP contribution in [0, 0.1) is 0 Å². The Labute approximate surface area is 192 Å². The maximum absolute atomic E-state index is 12.4. The number of aromatic amines is 1. The van der Waals surface area contributed by atoms with Crippen molar-refractivity contribution in [2.75, 3.05) is 19.0 Å². The Morgan fingerprint density at radius 2 is 2.03 bits per heavy atom. The van der Waals surface area contributed by atoms with Crippen LogP contribution in [0.2, 0.25) is 0 Å². The number of thioether (sulfide) groups is 1. The highest BCUT2D eigenvalue weighted by Crippen LogP contribution is 2.22. The van der Waals surface area contributed by atoms with Crippen molar-refractivity contribution in [2.24, 2.45) is 0 Å². The Balaban J connectivity index is 1.58. The average molecular weight is 475 g/mol. The molecule has 168 valence electrons. The molecule has 2 aromatic heterocycles. The SMILES string of the molecule is CCOC(=O)Cc1csc(NC(=O)Cc2cc(=O)[nH]c(SCc3cccc(OC)c3)n2)n1. The zero-order valence-corrected chi connectivity index (χ0v) is 19.2. The third-order valence-corrected chi connectivity index (χ3v) is 5.80. The van der Waals surface area contributed by atoms with Crippen molar-refractivity contribution in [1.82, 2.24) is 15.0 Å². The molecule has 0 saturated heterocycles. The summed E-state index contributed by atoms with van der Waals surface area (Å²) in [4.78, 5) is 47.2. The number of anilines is 1. The van der Waals surface area contributed by atoms with Crippen LogP contribution in [-0.2, 0) is 32.9 Å². The number of ether oxygens (including phenoxy) is 2. The summed E-state index contributed by atoms with van der Waals surface area (Å²) >= 11 is 2.57. The summed E-state index contributed by atoms with van der Waals surface area (Å²) < 4.78 is 10.1. The minimum atomic E-state index is -0.373. The van der Waals surface area contributed by atoms with E-state index < -0.39 is 0 Å². The van der Waals surface area contributed by atoms with Gasteiger partial charge in [0, 0.05) is 17.2 Å². The Morgan fingerprint density at radius 3 is 2.81 bits per heavy atom. The number of hydrogen-bond acceptors (Lipinski definition) is 9. The third kappa shape index (κ3) is 7.20. The van der Waals surface area contributed by atoms with Gasteiger partial charge in [-0.25, -0.2) is 9.97 Å². The van der Waals surface area contributed by atoms with E-state index in [1.165, 1.54) is 29.2 Å². The second-order valence-electron chi connectivity index (χ2n) is 6.53. The number of hydrogen-bond donors (Lipinski definition) is 2. The average Bonchev–Trinajstić information content (AvgIpc) is 3.18. The Morgan fingerprint density at radius 1 is 1.19 bits per heavy atom. The lowest BCUT2D eigenvalue weighted by molar-refractivity contribution is -0.142. The molecule has 0 saturated carbocycles. The molecule has 0 aliphatic rings. The molecule has 3 rings (SSSR count). The molecule has 2 N–H and O–H groups in total. The first kappa shape index (κ1) is 23.5. The first-order valence-corrected chi connectivity index (χ1v) is 11.6. The lowest BCUT2D eigenvalue weighted by Crippen LogP contribution is -2.18. The van der Waals surface area contributed by atoms with Gasteiger partial charge in [-0.2, -0.15) is 0 Å². The van der Waals surface area contributed by atoms with Gasteiger partial charge in [-0.15, -0.1) is 11.3 Å². The van der Waals surface area contributed by atoms with Crippen LogP contribution in [0.4, 0.5) is 5.13 Å². The zero-order chi connectivity index (χ0) is 22.9. The number of amides is 1. The molecular weight excluding hydrogens is 452 g/mol. The number of nitrogens with one attached hydrogen (secondary N) is 2. The molecule has 32 heavy (non-hydrogen) atoms. The molecule has 11 heteroatoms. The van der Waals surface area contributed by atoms with Crippen molar-refractivity contribution in [3.8, 4) is 5.75 Å². The van der Waals surface area contributed by atoms with E-state index in [9.17, 15) is 14.4 Å². The molecule has 1 amide bonds. The van der Waals surface area contributed by atoms with Gasteiger partial charge in [-0.1, -0.05) is 23.9 Å². The fraction of sp³-hybridized carbons (Fsp3) is 0.286. The number of methoxy groups -OCH3 is 1. The maximum Gasteiger partial charge on any atom is 0.311 e. The predicted octanol–water partition coefficient (Wildman–Crippen LogP) is 2.81. The standard InChI is InChI=1S/C21H22N4O5S2/c1-3-30-19(28)10-15-12-32-21(23-15)25-18(27)9-14-8-17(26)24-20(22-14)31-11-13-5-4-6-16(7-13)29-2/h4-8,12H,3,9-11H2,1-2H3,(H,22,24,26)(H,23,25,27). The Hall–Kier alpha value is -3.18. The summed E-state index contributed by atoms with van der Waals surface area (Å²) in [7, 11) is 1.60. The van der Waals surface area contributed by atoms with Crippen molar-refractivity contribution in [3.05, 3.63) is 63.0 Å². The van der Waals surface area contributed by atoms with Gasteiger partial charge in [0.05, 0.1) is 37.9 Å². The summed E-state index contributed by atoms with van der Waals surface area (Å²) in [6.45, 7) is 2.03. The van der Waals surface area contributed by atoms with E-state index in [0.717, 1.165) is 11.3 Å². The molecule has 0 unspecified atom stereocenters. The largest absolute Gasteiger partial charge is 0.497 e. The quantitative estimate of drug-likeness (QED) is 0.261. The number of carbonyl (C=O) groups is 2. The van der Waals surface area contributed by atoms with Gasteiger partial charge in [0.2, 0.25) is 5.91 Å². The molecule has 0 bridgehead atoms. The van der Waals surface area contributed by atoms with Gasteiger partial charge < -0.3 is 19.8 Å². The highest BCUT2D eigenvalue weighted by molar-refractivity contribution is 7.98. The lowest BCUT2D eigenvalue weighted by atomic mass is 10.2. The number of rotatable bonds is 10. The minimum Gasteiger partial charge on any atom is -0.497 e. The summed E-state index contributed by atoms with van der Waals surface area (Å²) in [6.07, 6.45) is -0.0346. The van der Waals surface area contributed by atoms with Crippen molar-refractivity contribution < 1.29 is 19.1 Å². The zero-order valence-electron chi connectivity index (χ0n) is 17.5. The lowest BCUT2D eigenvalue weighted by Gasteiger charge is -2.06. The van der Waals surface area contributed by atoms with Crippen LogP contribution in [0.3, 0.4) is 0 Å². The van der Waals surface area contributed by atoms with Crippen LogP contribution in [0.5, 0.6) is 5.75 Å². The third-order valence-electron chi connectivity index (χ3n) is 4.05. The fourth-order valence-corrected chi connectivity index (χ4v) is 4.25. The smallest absolute Gasteiger partial charge is 0.311 e. The first-order chi connectivity index (χ1) is 15.4. The monoisotopic (exact) mass is 474 g/mol. The van der Waals surface area contributed by atoms with Crippen LogP contribution in [0.15, 0.2) is 45.7 Å². The van der Waals surface area contributed by atoms with Gasteiger partial charge in [0.1, 0.15) is 5.75 Å². The van der Waals surface area contributed by atoms with Crippen LogP contribution in [0.1, 0.15) is 23.9 Å². The van der Waals surface area contributed by atoms with Gasteiger partial charge in [0.15, 0.2) is 10.3 Å². The first-order valence-electron chi connectivity index (χ1n) is 9.71. The molecule has 9 nitrogen and oxygen atoms in total. The van der Waals surface area contributed by atoms with E-state index in [1.54, 1.807) is 19.4 Å². The van der Waals surface area contributed by atoms with E-state index in [2.05, 4.69) is 20.3 Å². The van der Waals surface area contributed by atoms with Crippen LogP contribution < -0.4 is 15.6 Å². The summed E-state index contributed by atoms with van der Waals surface area (Å²) in [6, 6.07) is 8.91. The summed E-state index contributed by atoms with van der Waals surface area (Å²) in [5, 5.41) is 5.15. The summed E-state index contributed by atoms with van der Waals surface area (Å²) in [5.74, 6) is 0.604. The van der Waals surface area contributed by atoms with E-state index in [-0.39, 0.29) is 30.3 Å². The highest BCUT2D eigenvalue weighted by atomic mass is 32.2. The number of benzene rings is 1. The minimum absolute atomic E-state index is 0.0453. The van der Waals surface area contributed by atoms with Crippen LogP contribution in [0.25, 0.3) is 0 Å². The highest BCUT2D eigenvalue weighted by Gasteiger charge is 2.12. The molecule has 0 spiro atoms. The molecule has 0 fully saturated rings. The second kappa shape index (κ2) is 11.4. The number of aromatic nitrogens is 3. The second-order valence-corrected chi connectivity index (χ2v) is 8.35. The molecule has 0 aliphatic heterocycles. The maximum atomic E-state index is 12.4. The fourth-order valence-electron chi connectivity index (χ4n) is 2.69. The van der Waals surface area contributed by atoms with E-state index in [0.29, 0.717) is 34.0 Å². The normalized spacial score (nSPS) is 10.6. The number of carbonyl (C=O) groups excluding carboxylic acids is 2. The Kier molecular flexibility index (Phi) is 8.40. The van der Waals surface area contributed by atoms with Crippen molar-refractivity contribution in [3.63, 3.8) is 0 Å². The number of nitrogens with zero attached hydrogens (tertiary/aromatic N) is 2. The van der Waals surface area contributed by atoms with Crippen molar-refractivity contribution >= 4 is 40.1 Å². The number of thiazole rings is 1. The van der Waals surface area contributed by atoms with Crippen LogP contribution in [-0.4, -0.2) is 40.5 Å². The van der Waals surface area contributed by atoms with Gasteiger partial charge in [-0.3, -0.25) is 14.4 Å². The van der Waals surface area contributed by atoms with Crippen molar-refractivity contribution in [1.29, 1.82) is 0 Å². The van der Waals surface area contributed by atoms with Gasteiger partial charge in [-0.05, 0) is 24.6 Å². The van der Waals surface area contributed by atoms with E-state index in [4.69, 9.17) is 9.47 Å². The molecule has 1 aromatic carbocycles. The number of esters is 1. The van der Waals surface area contributed by atoms with E-state index in [1.807, 2.05) is 24.3 Å². The molecule has 0 aliphatic carbocycles. The topological polar surface area (TPSA) is 123 Å². The van der Waals surface area contributed by atoms with Crippen LogP contribution >= 0.6 is 23.1 Å². The number of H-pyrrole nitrogens is 1. The molecule has 2 heterocycles. The van der Waals surface area contributed by atoms with Gasteiger partial charge >= 0.3 is 5.97 Å². The van der Waals surface area contributed by atoms with Gasteiger partial charge in [0.25, 0.3) is 5.56 Å². The predicted molar refractivity (Wildman–Crippen MR) is 122 cm³/mol.